The van der Waals surface area contributed by atoms with Crippen LogP contribution in [0.1, 0.15) is 86.0 Å². The van der Waals surface area contributed by atoms with Crippen LogP contribution < -0.4 is 0 Å². The van der Waals surface area contributed by atoms with Gasteiger partial charge in [0.2, 0.25) is 0 Å². The predicted molar refractivity (Wildman–Crippen MR) is 261 cm³/mol. The maximum atomic E-state index is 5.83. The van der Waals surface area contributed by atoms with Crippen LogP contribution in [0.3, 0.4) is 0 Å². The van der Waals surface area contributed by atoms with E-state index in [9.17, 15) is 0 Å². The summed E-state index contributed by atoms with van der Waals surface area (Å²) in [6.07, 6.45) is 14.3. The molecule has 296 valence electrons. The smallest absolute Gasteiger partial charge is 0.0726 e. The van der Waals surface area contributed by atoms with Gasteiger partial charge < -0.3 is 0 Å². The molecule has 0 saturated carbocycles. The SMILES string of the molecule is C1=CCCC(c2ccc(C3=CCC(c4cccc5c4C4(c6ccccc6-c6ccccc64)c4ccccc4C54c5ccccc5-c5ccccc54)=NC(c4ccccc4)=C3)cc2)=C1. The second-order valence-corrected chi connectivity index (χ2v) is 17.5. The quantitative estimate of drug-likeness (QED) is 0.168. The Morgan fingerprint density at radius 2 is 0.889 bits per heavy atom. The molecule has 0 aromatic heterocycles. The number of hydrogen-bond donors (Lipinski definition) is 0. The van der Waals surface area contributed by atoms with Gasteiger partial charge in [-0.1, -0.05) is 218 Å². The summed E-state index contributed by atoms with van der Waals surface area (Å²) in [6, 6.07) is 73.1. The summed E-state index contributed by atoms with van der Waals surface area (Å²) < 4.78 is 0. The molecule has 1 heterocycles. The Labute approximate surface area is 369 Å². The van der Waals surface area contributed by atoms with Crippen LogP contribution in [0.15, 0.2) is 229 Å². The summed E-state index contributed by atoms with van der Waals surface area (Å²) in [5.41, 5.74) is 24.1. The molecule has 1 nitrogen and oxygen atoms in total. The first-order valence-electron chi connectivity index (χ1n) is 22.4. The molecule has 0 unspecified atom stereocenters. The van der Waals surface area contributed by atoms with Gasteiger partial charge in [0.15, 0.2) is 0 Å². The third-order valence-corrected chi connectivity index (χ3v) is 14.5. The lowest BCUT2D eigenvalue weighted by Crippen LogP contribution is -2.45. The molecule has 8 aromatic rings. The number of aliphatic imine (C=N–C) groups is 1. The molecular weight excluding hydrogens is 759 g/mol. The Kier molecular flexibility index (Phi) is 7.99. The van der Waals surface area contributed by atoms with Gasteiger partial charge in [-0.15, -0.1) is 0 Å². The molecule has 0 fully saturated rings. The zero-order chi connectivity index (χ0) is 41.5. The van der Waals surface area contributed by atoms with Gasteiger partial charge in [0, 0.05) is 17.5 Å². The lowest BCUT2D eigenvalue weighted by atomic mass is 9.51. The van der Waals surface area contributed by atoms with Crippen LogP contribution in [-0.4, -0.2) is 5.71 Å². The first kappa shape index (κ1) is 36.1. The van der Waals surface area contributed by atoms with Crippen LogP contribution in [0, 0.1) is 0 Å². The highest BCUT2D eigenvalue weighted by atomic mass is 14.8. The Morgan fingerprint density at radius 3 is 1.48 bits per heavy atom. The van der Waals surface area contributed by atoms with Crippen LogP contribution >= 0.6 is 0 Å². The van der Waals surface area contributed by atoms with Crippen molar-refractivity contribution in [3.05, 3.63) is 291 Å². The van der Waals surface area contributed by atoms with Crippen LogP contribution in [0.4, 0.5) is 0 Å². The van der Waals surface area contributed by atoms with E-state index in [2.05, 4.69) is 225 Å². The van der Waals surface area contributed by atoms with Crippen molar-refractivity contribution < 1.29 is 0 Å². The monoisotopic (exact) mass is 801 g/mol. The number of benzene rings is 8. The predicted octanol–water partition coefficient (Wildman–Crippen LogP) is 14.8. The van der Waals surface area contributed by atoms with Crippen LogP contribution in [-0.2, 0) is 10.8 Å². The summed E-state index contributed by atoms with van der Waals surface area (Å²) >= 11 is 0. The Balaban J connectivity index is 1.11. The van der Waals surface area contributed by atoms with E-state index in [0.717, 1.165) is 29.8 Å². The molecule has 0 amide bonds. The summed E-state index contributed by atoms with van der Waals surface area (Å²) in [4.78, 5) is 5.83. The van der Waals surface area contributed by atoms with Crippen molar-refractivity contribution in [2.75, 3.05) is 0 Å². The molecule has 0 bridgehead atoms. The van der Waals surface area contributed by atoms with E-state index in [1.807, 2.05) is 0 Å². The summed E-state index contributed by atoms with van der Waals surface area (Å²) in [5.74, 6) is 0. The minimum absolute atomic E-state index is 0.553. The van der Waals surface area contributed by atoms with E-state index in [-0.39, 0.29) is 0 Å². The molecule has 1 aliphatic heterocycles. The lowest BCUT2D eigenvalue weighted by Gasteiger charge is -2.49. The molecular formula is C62H43N. The van der Waals surface area contributed by atoms with Crippen molar-refractivity contribution >= 4 is 22.6 Å². The van der Waals surface area contributed by atoms with E-state index in [4.69, 9.17) is 4.99 Å². The molecule has 0 radical (unpaired) electrons. The molecule has 0 atom stereocenters. The number of fused-ring (bicyclic) bond motifs is 16. The molecule has 2 spiro atoms. The van der Waals surface area contributed by atoms with Gasteiger partial charge >= 0.3 is 0 Å². The van der Waals surface area contributed by atoms with Gasteiger partial charge in [0.1, 0.15) is 0 Å². The van der Waals surface area contributed by atoms with Crippen molar-refractivity contribution in [1.29, 1.82) is 0 Å². The van der Waals surface area contributed by atoms with E-state index in [0.29, 0.717) is 6.42 Å². The average Bonchev–Trinajstić information content (AvgIpc) is 3.70. The van der Waals surface area contributed by atoms with Gasteiger partial charge in [-0.3, -0.25) is 4.99 Å². The Morgan fingerprint density at radius 1 is 0.397 bits per heavy atom. The average molecular weight is 802 g/mol. The second-order valence-electron chi connectivity index (χ2n) is 17.5. The van der Waals surface area contributed by atoms with Crippen molar-refractivity contribution in [3.8, 4) is 22.3 Å². The fraction of sp³-hybridized carbons (Fsp3) is 0.0806. The van der Waals surface area contributed by atoms with Gasteiger partial charge in [0.05, 0.1) is 22.2 Å². The minimum Gasteiger partial charge on any atom is -0.252 e. The van der Waals surface area contributed by atoms with E-state index >= 15 is 0 Å². The molecule has 1 heteroatoms. The molecule has 4 aliphatic carbocycles. The minimum atomic E-state index is -0.607. The Bertz CT molecular complexity index is 3260. The van der Waals surface area contributed by atoms with Crippen LogP contribution in [0.2, 0.25) is 0 Å². The third kappa shape index (κ3) is 5.02. The summed E-state index contributed by atoms with van der Waals surface area (Å²) in [7, 11) is 0. The molecule has 13 rings (SSSR count). The van der Waals surface area contributed by atoms with Gasteiger partial charge in [-0.05, 0) is 108 Å². The second kappa shape index (κ2) is 14.0. The number of nitrogens with zero attached hydrogens (tertiary/aromatic N) is 1. The fourth-order valence-electron chi connectivity index (χ4n) is 12.0. The standard InChI is InChI=1S/C62H43N/c1-3-18-41(19-4-1)42-34-36-43(37-35-42)45-38-39-58(63-59(40-45)44-20-5-2-6-21-44)50-26-17-33-57-60(50)62(53-29-13-9-24-48(53)49-25-10-14-30-54(49)62)56-32-16-15-31-55(56)61(57)51-27-11-7-22-46(51)47-23-8-12-28-52(47)61/h1-3,5-18,20-38,40H,4,19,39H2. The van der Waals surface area contributed by atoms with E-state index < -0.39 is 10.8 Å². The first-order valence-corrected chi connectivity index (χ1v) is 22.4. The first-order chi connectivity index (χ1) is 31.3. The zero-order valence-corrected chi connectivity index (χ0v) is 34.9. The molecule has 5 aliphatic rings. The topological polar surface area (TPSA) is 12.4 Å². The van der Waals surface area contributed by atoms with Crippen molar-refractivity contribution in [2.45, 2.75) is 30.1 Å². The molecule has 0 saturated heterocycles. The normalized spacial score (nSPS) is 16.6. The summed E-state index contributed by atoms with van der Waals surface area (Å²) in [5, 5.41) is 0. The van der Waals surface area contributed by atoms with Crippen LogP contribution in [0.5, 0.6) is 0 Å². The number of hydrogen-bond acceptors (Lipinski definition) is 1. The Hall–Kier alpha value is -7.61. The van der Waals surface area contributed by atoms with Gasteiger partial charge in [0.25, 0.3) is 0 Å². The van der Waals surface area contributed by atoms with Gasteiger partial charge in [-0.25, -0.2) is 0 Å². The van der Waals surface area contributed by atoms with E-state index in [1.54, 1.807) is 0 Å². The maximum absolute atomic E-state index is 5.83. The van der Waals surface area contributed by atoms with Crippen molar-refractivity contribution in [1.82, 2.24) is 0 Å². The number of rotatable bonds is 4. The lowest BCUT2D eigenvalue weighted by molar-refractivity contribution is 0.631. The fourth-order valence-corrected chi connectivity index (χ4v) is 12.0. The summed E-state index contributed by atoms with van der Waals surface area (Å²) in [6.45, 7) is 0. The van der Waals surface area contributed by atoms with Crippen molar-refractivity contribution in [2.24, 2.45) is 4.99 Å². The number of allylic oxidation sites excluding steroid dienone is 7. The molecule has 63 heavy (non-hydrogen) atoms. The van der Waals surface area contributed by atoms with Crippen LogP contribution in [0.25, 0.3) is 39.1 Å². The largest absolute Gasteiger partial charge is 0.252 e. The third-order valence-electron chi connectivity index (χ3n) is 14.5. The highest BCUT2D eigenvalue weighted by Gasteiger charge is 2.59. The van der Waals surface area contributed by atoms with Gasteiger partial charge in [-0.2, -0.15) is 0 Å². The molecule has 0 N–H and O–H groups in total. The van der Waals surface area contributed by atoms with E-state index in [1.165, 1.54) is 94.6 Å². The van der Waals surface area contributed by atoms with Crippen molar-refractivity contribution in [3.63, 3.8) is 0 Å². The zero-order valence-electron chi connectivity index (χ0n) is 34.9. The highest BCUT2D eigenvalue weighted by Crippen LogP contribution is 2.68. The highest BCUT2D eigenvalue weighted by molar-refractivity contribution is 6.10. The molecule has 8 aromatic carbocycles. The maximum Gasteiger partial charge on any atom is 0.0726 e.